The first kappa shape index (κ1) is 16.5. The van der Waals surface area contributed by atoms with E-state index in [9.17, 15) is 4.79 Å². The minimum Gasteiger partial charge on any atom is -0.321 e. The van der Waals surface area contributed by atoms with E-state index in [1.165, 1.54) is 0 Å². The monoisotopic (exact) mass is 405 g/mol. The highest BCUT2D eigenvalue weighted by Crippen LogP contribution is 2.27. The minimum absolute atomic E-state index is 0.217. The van der Waals surface area contributed by atoms with Crippen LogP contribution in [0, 0.1) is 6.92 Å². The van der Waals surface area contributed by atoms with Gasteiger partial charge in [0.1, 0.15) is 5.69 Å². The number of amides is 1. The maximum Gasteiger partial charge on any atom is 0.273 e. The highest BCUT2D eigenvalue weighted by atomic mass is 79.9. The van der Waals surface area contributed by atoms with Crippen LogP contribution in [0.4, 0.5) is 5.69 Å². The molecule has 1 amide bonds. The molecule has 0 fully saturated rings. The van der Waals surface area contributed by atoms with E-state index in [2.05, 4.69) is 49.6 Å². The summed E-state index contributed by atoms with van der Waals surface area (Å²) < 4.78 is 1.01. The number of aromatic nitrogens is 2. The zero-order valence-corrected chi connectivity index (χ0v) is 15.7. The van der Waals surface area contributed by atoms with Crippen LogP contribution >= 0.6 is 15.9 Å². The molecule has 0 aliphatic heterocycles. The van der Waals surface area contributed by atoms with Crippen LogP contribution in [0.5, 0.6) is 0 Å². The summed E-state index contributed by atoms with van der Waals surface area (Å²) in [5.74, 6) is -0.217. The highest BCUT2D eigenvalue weighted by molar-refractivity contribution is 9.10. The predicted molar refractivity (Wildman–Crippen MR) is 108 cm³/mol. The second-order valence-electron chi connectivity index (χ2n) is 6.11. The van der Waals surface area contributed by atoms with Crippen LogP contribution in [0.3, 0.4) is 0 Å². The van der Waals surface area contributed by atoms with Crippen molar-refractivity contribution in [2.24, 2.45) is 0 Å². The van der Waals surface area contributed by atoms with Gasteiger partial charge in [0.15, 0.2) is 0 Å². The van der Waals surface area contributed by atoms with Crippen molar-refractivity contribution < 1.29 is 4.79 Å². The van der Waals surface area contributed by atoms with Crippen molar-refractivity contribution in [3.63, 3.8) is 0 Å². The Balaban J connectivity index is 1.63. The summed E-state index contributed by atoms with van der Waals surface area (Å²) in [5, 5.41) is 12.3. The molecule has 128 valence electrons. The Labute approximate surface area is 159 Å². The molecule has 0 atom stereocenters. The lowest BCUT2D eigenvalue weighted by Gasteiger charge is -2.05. The number of carbonyl (C=O) groups excluding carboxylic acids is 1. The Morgan fingerprint density at radius 1 is 1.04 bits per heavy atom. The van der Waals surface area contributed by atoms with Gasteiger partial charge in [0.2, 0.25) is 0 Å². The summed E-state index contributed by atoms with van der Waals surface area (Å²) in [6.07, 6.45) is 0. The van der Waals surface area contributed by atoms with Gasteiger partial charge in [-0.2, -0.15) is 5.10 Å². The molecule has 1 aromatic heterocycles. The molecule has 5 heteroatoms. The van der Waals surface area contributed by atoms with Gasteiger partial charge in [-0.3, -0.25) is 9.89 Å². The predicted octanol–water partition coefficient (Wildman–Crippen LogP) is 5.55. The van der Waals surface area contributed by atoms with Crippen molar-refractivity contribution in [1.29, 1.82) is 0 Å². The Hall–Kier alpha value is -2.92. The van der Waals surface area contributed by atoms with Gasteiger partial charge in [0, 0.05) is 15.7 Å². The number of hydrogen-bond donors (Lipinski definition) is 2. The second kappa shape index (κ2) is 6.77. The van der Waals surface area contributed by atoms with Crippen molar-refractivity contribution >= 4 is 38.3 Å². The zero-order valence-electron chi connectivity index (χ0n) is 14.1. The van der Waals surface area contributed by atoms with Crippen LogP contribution in [0.1, 0.15) is 16.1 Å². The first-order valence-electron chi connectivity index (χ1n) is 8.23. The van der Waals surface area contributed by atoms with E-state index >= 15 is 0 Å². The summed E-state index contributed by atoms with van der Waals surface area (Å²) in [6.45, 7) is 1.98. The largest absolute Gasteiger partial charge is 0.321 e. The third kappa shape index (κ3) is 3.13. The number of halogens is 1. The molecule has 0 aliphatic carbocycles. The topological polar surface area (TPSA) is 57.8 Å². The van der Waals surface area contributed by atoms with Crippen LogP contribution in [0.15, 0.2) is 71.2 Å². The molecule has 4 rings (SSSR count). The van der Waals surface area contributed by atoms with Crippen LogP contribution in [0.25, 0.3) is 22.0 Å². The molecule has 0 spiro atoms. The second-order valence-corrected chi connectivity index (χ2v) is 6.97. The number of hydrogen-bond acceptors (Lipinski definition) is 2. The Bertz CT molecular complexity index is 1110. The Morgan fingerprint density at radius 3 is 2.69 bits per heavy atom. The Kier molecular flexibility index (Phi) is 4.31. The van der Waals surface area contributed by atoms with Gasteiger partial charge in [-0.05, 0) is 47.5 Å². The van der Waals surface area contributed by atoms with E-state index in [1.54, 1.807) is 6.07 Å². The number of fused-ring (bicyclic) bond motifs is 1. The SMILES string of the molecule is Cc1cc(NC(=O)c2cc(-c3cccc4ccccc34)n[nH]2)ccc1Br. The molecule has 26 heavy (non-hydrogen) atoms. The first-order valence-corrected chi connectivity index (χ1v) is 9.02. The maximum atomic E-state index is 12.5. The standard InChI is InChI=1S/C21H16BrN3O/c1-13-11-15(9-10-18(13)22)23-21(26)20-12-19(24-25-20)17-8-4-6-14-5-2-3-7-16(14)17/h2-12H,1H3,(H,23,26)(H,24,25). The molecule has 3 aromatic carbocycles. The first-order chi connectivity index (χ1) is 12.6. The molecule has 2 N–H and O–H groups in total. The molecular formula is C21H16BrN3O. The van der Waals surface area contributed by atoms with Gasteiger partial charge in [0.05, 0.1) is 5.69 Å². The number of aromatic amines is 1. The fraction of sp³-hybridized carbons (Fsp3) is 0.0476. The molecular weight excluding hydrogens is 390 g/mol. The molecule has 4 nitrogen and oxygen atoms in total. The van der Waals surface area contributed by atoms with E-state index in [1.807, 2.05) is 49.4 Å². The molecule has 0 aliphatic rings. The fourth-order valence-electron chi connectivity index (χ4n) is 2.95. The highest BCUT2D eigenvalue weighted by Gasteiger charge is 2.13. The van der Waals surface area contributed by atoms with Crippen LogP contribution in [-0.2, 0) is 0 Å². The van der Waals surface area contributed by atoms with Crippen molar-refractivity contribution in [3.05, 3.63) is 82.5 Å². The van der Waals surface area contributed by atoms with Crippen LogP contribution in [-0.4, -0.2) is 16.1 Å². The Morgan fingerprint density at radius 2 is 1.85 bits per heavy atom. The summed E-state index contributed by atoms with van der Waals surface area (Å²) in [7, 11) is 0. The van der Waals surface area contributed by atoms with Gasteiger partial charge in [0.25, 0.3) is 5.91 Å². The summed E-state index contributed by atoms with van der Waals surface area (Å²) in [6, 6.07) is 21.7. The summed E-state index contributed by atoms with van der Waals surface area (Å²) in [4.78, 5) is 12.5. The number of carbonyl (C=O) groups is 1. The lowest BCUT2D eigenvalue weighted by molar-refractivity contribution is 0.102. The molecule has 1 heterocycles. The van der Waals surface area contributed by atoms with E-state index in [0.29, 0.717) is 5.69 Å². The quantitative estimate of drug-likeness (QED) is 0.469. The van der Waals surface area contributed by atoms with Gasteiger partial charge in [-0.1, -0.05) is 58.4 Å². The summed E-state index contributed by atoms with van der Waals surface area (Å²) in [5.41, 5.74) is 3.98. The van der Waals surface area contributed by atoms with E-state index in [-0.39, 0.29) is 5.91 Å². The number of H-pyrrole nitrogens is 1. The zero-order chi connectivity index (χ0) is 18.1. The molecule has 0 unspecified atom stereocenters. The number of aryl methyl sites for hydroxylation is 1. The molecule has 0 saturated carbocycles. The smallest absolute Gasteiger partial charge is 0.273 e. The number of rotatable bonds is 3. The lowest BCUT2D eigenvalue weighted by atomic mass is 10.0. The van der Waals surface area contributed by atoms with Gasteiger partial charge >= 0.3 is 0 Å². The maximum absolute atomic E-state index is 12.5. The van der Waals surface area contributed by atoms with Crippen molar-refractivity contribution in [3.8, 4) is 11.3 Å². The average molecular weight is 406 g/mol. The van der Waals surface area contributed by atoms with E-state index in [0.717, 1.165) is 37.8 Å². The van der Waals surface area contributed by atoms with Crippen LogP contribution < -0.4 is 5.32 Å². The van der Waals surface area contributed by atoms with E-state index in [4.69, 9.17) is 0 Å². The third-order valence-electron chi connectivity index (χ3n) is 4.30. The number of nitrogens with one attached hydrogen (secondary N) is 2. The number of nitrogens with zero attached hydrogens (tertiary/aromatic N) is 1. The molecule has 0 radical (unpaired) electrons. The van der Waals surface area contributed by atoms with Crippen molar-refractivity contribution in [1.82, 2.24) is 10.2 Å². The fourth-order valence-corrected chi connectivity index (χ4v) is 3.19. The normalized spacial score (nSPS) is 10.8. The van der Waals surface area contributed by atoms with Crippen molar-refractivity contribution in [2.45, 2.75) is 6.92 Å². The molecule has 0 bridgehead atoms. The van der Waals surface area contributed by atoms with Gasteiger partial charge in [-0.15, -0.1) is 0 Å². The average Bonchev–Trinajstić information content (AvgIpc) is 3.14. The summed E-state index contributed by atoms with van der Waals surface area (Å²) >= 11 is 3.46. The minimum atomic E-state index is -0.217. The molecule has 4 aromatic rings. The number of benzene rings is 3. The number of anilines is 1. The van der Waals surface area contributed by atoms with Crippen LogP contribution in [0.2, 0.25) is 0 Å². The van der Waals surface area contributed by atoms with Gasteiger partial charge in [-0.25, -0.2) is 0 Å². The van der Waals surface area contributed by atoms with Gasteiger partial charge < -0.3 is 5.32 Å². The third-order valence-corrected chi connectivity index (χ3v) is 5.19. The lowest BCUT2D eigenvalue weighted by Crippen LogP contribution is -2.12. The van der Waals surface area contributed by atoms with Crippen molar-refractivity contribution in [2.75, 3.05) is 5.32 Å². The van der Waals surface area contributed by atoms with E-state index < -0.39 is 0 Å². The molecule has 0 saturated heterocycles.